The number of fused-ring (bicyclic) bond motifs is 3. The minimum atomic E-state index is -0.659. The molecule has 0 bridgehead atoms. The number of hydrogen-bond donors (Lipinski definition) is 0. The molecule has 7 heteroatoms. The third-order valence-corrected chi connectivity index (χ3v) is 4.20. The van der Waals surface area contributed by atoms with Gasteiger partial charge < -0.3 is 19.1 Å². The number of ketones is 1. The van der Waals surface area contributed by atoms with Crippen LogP contribution >= 0.6 is 0 Å². The maximum Gasteiger partial charge on any atom is 0.342 e. The second kappa shape index (κ2) is 5.91. The van der Waals surface area contributed by atoms with Gasteiger partial charge in [-0.05, 0) is 12.1 Å². The number of carbonyl (C=O) groups is 3. The van der Waals surface area contributed by atoms with Crippen LogP contribution < -0.4 is 9.64 Å². The molecule has 3 rings (SSSR count). The van der Waals surface area contributed by atoms with Gasteiger partial charge in [-0.1, -0.05) is 0 Å². The standard InChI is InChI=1S/C16H17NO6/c1-21-15(19)11-3-4-12-14(13(11)16(20)22-2)23-8-9-7-10(18)5-6-17(9)12/h3-4,9H,5-8H2,1-2H3/t9-/m1/s1. The van der Waals surface area contributed by atoms with E-state index in [0.29, 0.717) is 30.8 Å². The molecule has 0 unspecified atom stereocenters. The largest absolute Gasteiger partial charge is 0.488 e. The molecule has 2 heterocycles. The maximum atomic E-state index is 12.2. The van der Waals surface area contributed by atoms with Crippen molar-refractivity contribution in [3.63, 3.8) is 0 Å². The quantitative estimate of drug-likeness (QED) is 0.757. The summed E-state index contributed by atoms with van der Waals surface area (Å²) in [7, 11) is 2.49. The number of benzene rings is 1. The summed E-state index contributed by atoms with van der Waals surface area (Å²) in [4.78, 5) is 37.7. The Bertz CT molecular complexity index is 683. The Morgan fingerprint density at radius 1 is 1.22 bits per heavy atom. The van der Waals surface area contributed by atoms with Crippen LogP contribution in [0.5, 0.6) is 5.75 Å². The minimum Gasteiger partial charge on any atom is -0.488 e. The van der Waals surface area contributed by atoms with E-state index in [0.717, 1.165) is 0 Å². The van der Waals surface area contributed by atoms with Gasteiger partial charge in [0.05, 0.1) is 31.5 Å². The van der Waals surface area contributed by atoms with Crippen LogP contribution in [0, 0.1) is 0 Å². The number of methoxy groups -OCH3 is 2. The second-order valence-corrected chi connectivity index (χ2v) is 5.47. The zero-order valence-electron chi connectivity index (χ0n) is 13.0. The first-order valence-corrected chi connectivity index (χ1v) is 7.31. The molecule has 0 N–H and O–H groups in total. The highest BCUT2D eigenvalue weighted by Crippen LogP contribution is 2.41. The van der Waals surface area contributed by atoms with Crippen molar-refractivity contribution in [1.82, 2.24) is 0 Å². The van der Waals surface area contributed by atoms with Gasteiger partial charge in [0, 0.05) is 19.4 Å². The summed E-state index contributed by atoms with van der Waals surface area (Å²) in [6, 6.07) is 3.20. The summed E-state index contributed by atoms with van der Waals surface area (Å²) in [5.74, 6) is -0.774. The predicted octanol–water partition coefficient (Wildman–Crippen LogP) is 1.19. The lowest BCUT2D eigenvalue weighted by molar-refractivity contribution is -0.120. The van der Waals surface area contributed by atoms with Crippen molar-refractivity contribution < 1.29 is 28.6 Å². The highest BCUT2D eigenvalue weighted by atomic mass is 16.5. The molecule has 1 aromatic rings. The molecular formula is C16H17NO6. The van der Waals surface area contributed by atoms with Crippen LogP contribution in [0.25, 0.3) is 0 Å². The smallest absolute Gasteiger partial charge is 0.342 e. The summed E-state index contributed by atoms with van der Waals surface area (Å²) in [5, 5.41) is 0. The summed E-state index contributed by atoms with van der Waals surface area (Å²) in [6.45, 7) is 0.853. The third kappa shape index (κ3) is 2.52. The summed E-state index contributed by atoms with van der Waals surface area (Å²) in [6.07, 6.45) is 0.883. The zero-order chi connectivity index (χ0) is 16.6. The Hall–Kier alpha value is -2.57. The Kier molecular flexibility index (Phi) is 3.94. The van der Waals surface area contributed by atoms with Gasteiger partial charge in [0.1, 0.15) is 18.0 Å². The summed E-state index contributed by atoms with van der Waals surface area (Å²) < 4.78 is 15.2. The van der Waals surface area contributed by atoms with Crippen molar-refractivity contribution in [3.05, 3.63) is 23.3 Å². The molecular weight excluding hydrogens is 302 g/mol. The van der Waals surface area contributed by atoms with E-state index in [2.05, 4.69) is 0 Å². The fourth-order valence-corrected chi connectivity index (χ4v) is 3.08. The topological polar surface area (TPSA) is 82.1 Å². The number of piperidine rings is 1. The van der Waals surface area contributed by atoms with Gasteiger partial charge in [0.2, 0.25) is 0 Å². The molecule has 2 aliphatic rings. The van der Waals surface area contributed by atoms with Crippen LogP contribution in [0.2, 0.25) is 0 Å². The second-order valence-electron chi connectivity index (χ2n) is 5.47. The van der Waals surface area contributed by atoms with E-state index in [1.165, 1.54) is 20.3 Å². The molecule has 0 spiro atoms. The maximum absolute atomic E-state index is 12.2. The van der Waals surface area contributed by atoms with E-state index in [1.54, 1.807) is 6.07 Å². The Morgan fingerprint density at radius 2 is 1.96 bits per heavy atom. The number of anilines is 1. The van der Waals surface area contributed by atoms with Crippen molar-refractivity contribution in [3.8, 4) is 5.75 Å². The number of Topliss-reactive ketones (excluding diaryl/α,β-unsaturated/α-hetero) is 1. The van der Waals surface area contributed by atoms with Crippen LogP contribution in [0.15, 0.2) is 12.1 Å². The lowest BCUT2D eigenvalue weighted by Gasteiger charge is -2.41. The molecule has 2 aliphatic heterocycles. The van der Waals surface area contributed by atoms with E-state index in [1.807, 2.05) is 4.90 Å². The van der Waals surface area contributed by atoms with E-state index in [4.69, 9.17) is 14.2 Å². The number of carbonyl (C=O) groups excluding carboxylic acids is 3. The van der Waals surface area contributed by atoms with E-state index in [9.17, 15) is 14.4 Å². The van der Waals surface area contributed by atoms with Gasteiger partial charge in [0.15, 0.2) is 5.75 Å². The first-order valence-electron chi connectivity index (χ1n) is 7.31. The minimum absolute atomic E-state index is 0.0433. The van der Waals surface area contributed by atoms with Crippen LogP contribution in [-0.4, -0.2) is 51.1 Å². The van der Waals surface area contributed by atoms with E-state index >= 15 is 0 Å². The monoisotopic (exact) mass is 319 g/mol. The third-order valence-electron chi connectivity index (χ3n) is 4.20. The molecule has 0 radical (unpaired) electrons. The van der Waals surface area contributed by atoms with Crippen LogP contribution in [0.3, 0.4) is 0 Å². The molecule has 1 atom stereocenters. The lowest BCUT2D eigenvalue weighted by Crippen LogP contribution is -2.49. The Labute approximate surface area is 133 Å². The van der Waals surface area contributed by atoms with Crippen molar-refractivity contribution in [2.45, 2.75) is 18.9 Å². The zero-order valence-corrected chi connectivity index (χ0v) is 13.0. The Balaban J connectivity index is 2.11. The van der Waals surface area contributed by atoms with Crippen molar-refractivity contribution in [2.75, 3.05) is 32.3 Å². The molecule has 0 aromatic heterocycles. The number of hydrogen-bond acceptors (Lipinski definition) is 7. The average Bonchev–Trinajstić information content (AvgIpc) is 2.58. The van der Waals surface area contributed by atoms with Gasteiger partial charge in [0.25, 0.3) is 0 Å². The van der Waals surface area contributed by atoms with Crippen molar-refractivity contribution in [1.29, 1.82) is 0 Å². The van der Waals surface area contributed by atoms with Gasteiger partial charge in [-0.15, -0.1) is 0 Å². The summed E-state index contributed by atoms with van der Waals surface area (Å²) in [5.41, 5.74) is 0.860. The molecule has 1 aromatic carbocycles. The number of ether oxygens (including phenoxy) is 3. The highest BCUT2D eigenvalue weighted by molar-refractivity contribution is 6.07. The fourth-order valence-electron chi connectivity index (χ4n) is 3.08. The van der Waals surface area contributed by atoms with Gasteiger partial charge in [-0.3, -0.25) is 4.79 Å². The van der Waals surface area contributed by atoms with Gasteiger partial charge >= 0.3 is 11.9 Å². The van der Waals surface area contributed by atoms with Gasteiger partial charge in [-0.2, -0.15) is 0 Å². The molecule has 1 saturated heterocycles. The molecule has 1 fully saturated rings. The molecule has 7 nitrogen and oxygen atoms in total. The van der Waals surface area contributed by atoms with Gasteiger partial charge in [-0.25, -0.2) is 9.59 Å². The number of rotatable bonds is 2. The average molecular weight is 319 g/mol. The van der Waals surface area contributed by atoms with Crippen molar-refractivity contribution >= 4 is 23.4 Å². The highest BCUT2D eigenvalue weighted by Gasteiger charge is 2.37. The summed E-state index contributed by atoms with van der Waals surface area (Å²) >= 11 is 0. The SMILES string of the molecule is COC(=O)c1ccc2c(c1C(=O)OC)OC[C@H]1CC(=O)CCN21. The van der Waals surface area contributed by atoms with Crippen LogP contribution in [0.4, 0.5) is 5.69 Å². The lowest BCUT2D eigenvalue weighted by atomic mass is 9.96. The molecule has 23 heavy (non-hydrogen) atoms. The molecule has 0 aliphatic carbocycles. The normalized spacial score (nSPS) is 19.3. The molecule has 122 valence electrons. The Morgan fingerprint density at radius 3 is 2.65 bits per heavy atom. The van der Waals surface area contributed by atoms with Crippen molar-refractivity contribution in [2.24, 2.45) is 0 Å². The molecule has 0 amide bonds. The van der Waals surface area contributed by atoms with E-state index in [-0.39, 0.29) is 29.6 Å². The fraction of sp³-hybridized carbons (Fsp3) is 0.438. The molecule has 0 saturated carbocycles. The van der Waals surface area contributed by atoms with Crippen LogP contribution in [-0.2, 0) is 14.3 Å². The van der Waals surface area contributed by atoms with E-state index < -0.39 is 11.9 Å². The number of nitrogens with zero attached hydrogens (tertiary/aromatic N) is 1. The number of esters is 2. The first-order chi connectivity index (χ1) is 11.1. The van der Waals surface area contributed by atoms with Crippen LogP contribution in [0.1, 0.15) is 33.6 Å². The predicted molar refractivity (Wildman–Crippen MR) is 80.0 cm³/mol. The first kappa shape index (κ1) is 15.3.